The molecular formula is C56H55ClF4N8O5. The summed E-state index contributed by atoms with van der Waals surface area (Å²) in [6.07, 6.45) is -0.375. The van der Waals surface area contributed by atoms with Gasteiger partial charge in [-0.1, -0.05) is 62.4 Å². The maximum absolute atomic E-state index is 16.5. The summed E-state index contributed by atoms with van der Waals surface area (Å²) in [4.78, 5) is 74.2. The van der Waals surface area contributed by atoms with E-state index in [0.717, 1.165) is 36.5 Å². The molecule has 0 unspecified atom stereocenters. The molecule has 3 saturated heterocycles. The quantitative estimate of drug-likeness (QED) is 0.0803. The molecule has 4 fully saturated rings. The van der Waals surface area contributed by atoms with Crippen molar-refractivity contribution in [1.29, 1.82) is 5.26 Å². The number of likely N-dealkylation sites (tertiary alicyclic amines) is 1. The van der Waals surface area contributed by atoms with E-state index in [9.17, 15) is 37.6 Å². The highest BCUT2D eigenvalue weighted by Gasteiger charge is 2.62. The van der Waals surface area contributed by atoms with Crippen molar-refractivity contribution in [3.05, 3.63) is 122 Å². The van der Waals surface area contributed by atoms with Crippen molar-refractivity contribution >= 4 is 52.5 Å². The minimum atomic E-state index is -4.72. The minimum Gasteiger partial charge on any atom is -0.384 e. The first-order chi connectivity index (χ1) is 34.9. The van der Waals surface area contributed by atoms with Crippen molar-refractivity contribution in [2.45, 2.75) is 121 Å². The van der Waals surface area contributed by atoms with Gasteiger partial charge >= 0.3 is 6.18 Å². The van der Waals surface area contributed by atoms with Gasteiger partial charge in [0, 0.05) is 95.7 Å². The summed E-state index contributed by atoms with van der Waals surface area (Å²) in [5, 5.41) is 22.3. The Bertz CT molecular complexity index is 3160. The molecule has 4 aromatic rings. The van der Waals surface area contributed by atoms with Crippen LogP contribution < -0.4 is 21.3 Å². The van der Waals surface area contributed by atoms with Crippen LogP contribution in [0, 0.1) is 45.7 Å². The van der Waals surface area contributed by atoms with Gasteiger partial charge in [-0.3, -0.25) is 34.3 Å². The van der Waals surface area contributed by atoms with Gasteiger partial charge in [-0.25, -0.2) is 4.39 Å². The average molecular weight is 1030 g/mol. The molecule has 6 aliphatic rings. The number of carbonyl (C=O) groups excluding carboxylic acids is 5. The summed E-state index contributed by atoms with van der Waals surface area (Å²) in [6.45, 7) is 10.6. The normalized spacial score (nSPS) is 24.9. The minimum absolute atomic E-state index is 0.0573. The molecule has 0 radical (unpaired) electrons. The number of imide groups is 1. The summed E-state index contributed by atoms with van der Waals surface area (Å²) >= 11 is 6.41. The molecule has 5 amide bonds. The second kappa shape index (κ2) is 18.2. The topological polar surface area (TPSA) is 177 Å². The first-order valence-electron chi connectivity index (χ1n) is 24.9. The van der Waals surface area contributed by atoms with E-state index in [0.29, 0.717) is 41.8 Å². The summed E-state index contributed by atoms with van der Waals surface area (Å²) in [6, 6.07) is 15.5. The van der Waals surface area contributed by atoms with Gasteiger partial charge in [0.05, 0.1) is 22.5 Å². The summed E-state index contributed by atoms with van der Waals surface area (Å²) < 4.78 is 58.4. The Labute approximate surface area is 431 Å². The molecule has 1 aromatic heterocycles. The highest BCUT2D eigenvalue weighted by Crippen LogP contribution is 2.60. The highest BCUT2D eigenvalue weighted by atomic mass is 35.5. The third-order valence-electron chi connectivity index (χ3n) is 16.3. The van der Waals surface area contributed by atoms with Crippen LogP contribution >= 0.6 is 11.6 Å². The van der Waals surface area contributed by atoms with Gasteiger partial charge < -0.3 is 25.8 Å². The summed E-state index contributed by atoms with van der Waals surface area (Å²) in [7, 11) is 0. The maximum Gasteiger partial charge on any atom is 0.433 e. The monoisotopic (exact) mass is 1030 g/mol. The van der Waals surface area contributed by atoms with E-state index in [2.05, 4.69) is 44.2 Å². The van der Waals surface area contributed by atoms with Gasteiger partial charge in [-0.05, 0) is 116 Å². The van der Waals surface area contributed by atoms with Gasteiger partial charge in [-0.2, -0.15) is 18.4 Å². The number of aromatic nitrogens is 1. The SMILES string of the molecule is CC(C)(C)C[C@@H]1N[C@@H](C(=O)Nc2ccc(C(=O)N3CCC4(CC3)C[C@@H]4C#Cc3cccc4c3CN([C@H]3CCC(=O)NC3=O)C4=O)cc2C(C)(C)C#N)[C@H](c2cccc(Cl)c2F)[C@]12CNc1cc(C(F)(F)F)ncc12. The van der Waals surface area contributed by atoms with Crippen molar-refractivity contribution in [1.82, 2.24) is 25.4 Å². The Hall–Kier alpha value is -6.82. The predicted octanol–water partition coefficient (Wildman–Crippen LogP) is 8.61. The highest BCUT2D eigenvalue weighted by molar-refractivity contribution is 6.30. The van der Waals surface area contributed by atoms with Gasteiger partial charge in [0.2, 0.25) is 17.7 Å². The fourth-order valence-corrected chi connectivity index (χ4v) is 12.4. The number of fused-ring (bicyclic) bond motifs is 3. The molecule has 384 valence electrons. The first-order valence-corrected chi connectivity index (χ1v) is 25.3. The molecule has 2 spiro atoms. The number of hydrogen-bond acceptors (Lipinski definition) is 9. The Morgan fingerprint density at radius 1 is 1.00 bits per heavy atom. The molecule has 74 heavy (non-hydrogen) atoms. The van der Waals surface area contributed by atoms with E-state index in [1.807, 2.05) is 26.8 Å². The van der Waals surface area contributed by atoms with Crippen molar-refractivity contribution in [3.8, 4) is 17.9 Å². The van der Waals surface area contributed by atoms with Crippen LogP contribution in [0.15, 0.2) is 66.9 Å². The number of nitrogens with zero attached hydrogens (tertiary/aromatic N) is 4. The van der Waals surface area contributed by atoms with Crippen LogP contribution in [-0.2, 0) is 37.9 Å². The van der Waals surface area contributed by atoms with E-state index in [1.54, 1.807) is 55.1 Å². The third kappa shape index (κ3) is 8.85. The number of nitrogens with one attached hydrogen (secondary N) is 4. The number of hydrogen-bond donors (Lipinski definition) is 4. The number of anilines is 2. The zero-order chi connectivity index (χ0) is 52.9. The van der Waals surface area contributed by atoms with Crippen LogP contribution in [0.1, 0.15) is 133 Å². The molecule has 0 bridgehead atoms. The maximum atomic E-state index is 16.5. The van der Waals surface area contributed by atoms with E-state index in [-0.39, 0.29) is 82.4 Å². The van der Waals surface area contributed by atoms with E-state index < -0.39 is 64.4 Å². The lowest BCUT2D eigenvalue weighted by Crippen LogP contribution is -2.52. The molecule has 13 nitrogen and oxygen atoms in total. The lowest BCUT2D eigenvalue weighted by Gasteiger charge is -2.39. The van der Waals surface area contributed by atoms with E-state index in [4.69, 9.17) is 11.6 Å². The Morgan fingerprint density at radius 3 is 2.45 bits per heavy atom. The van der Waals surface area contributed by atoms with Gasteiger partial charge in [-0.15, -0.1) is 0 Å². The number of rotatable bonds is 7. The molecule has 4 N–H and O–H groups in total. The number of benzene rings is 3. The van der Waals surface area contributed by atoms with Crippen molar-refractivity contribution in [2.24, 2.45) is 16.7 Å². The first kappa shape index (κ1) is 50.7. The molecule has 1 saturated carbocycles. The van der Waals surface area contributed by atoms with Gasteiger partial charge in [0.25, 0.3) is 11.8 Å². The van der Waals surface area contributed by atoms with E-state index >= 15 is 9.18 Å². The largest absolute Gasteiger partial charge is 0.433 e. The smallest absolute Gasteiger partial charge is 0.384 e. The van der Waals surface area contributed by atoms with Crippen LogP contribution in [0.5, 0.6) is 0 Å². The molecule has 6 atom stereocenters. The van der Waals surface area contributed by atoms with Gasteiger partial charge in [0.1, 0.15) is 17.6 Å². The predicted molar refractivity (Wildman–Crippen MR) is 267 cm³/mol. The Balaban J connectivity index is 0.876. The Kier molecular flexibility index (Phi) is 12.5. The standard InChI is InChI=1S/C56H55ClF4N8O5/c1-52(2,3)25-43-55(29-64-40-23-42(56(59,60)61)63-26-37(40)55)45(34-10-7-11-38(57)46(34)58)47(66-43)49(72)65-39-15-13-31(22-36(39)53(4,5)28-62)50(73)68-20-18-54(19-21-68)24-32(54)14-12-30-8-6-9-33-35(30)27-69(51(33)74)41-16-17-44(70)67-48(41)71/h6-11,13,15,22-23,26,32,41,43,45,47,64,66H,16-21,24-25,27,29H2,1-5H3,(H,65,72)(H,67,70,71)/t32-,41-,43-,45-,47+,55-/m0/s1. The molecule has 6 heterocycles. The number of nitriles is 1. The fraction of sp³-hybridized carbons (Fsp3) is 0.446. The zero-order valence-electron chi connectivity index (χ0n) is 41.5. The fourth-order valence-electron chi connectivity index (χ4n) is 12.2. The number of piperidine rings is 2. The van der Waals surface area contributed by atoms with Crippen LogP contribution in [0.2, 0.25) is 5.02 Å². The molecule has 1 aliphatic carbocycles. The second-order valence-electron chi connectivity index (χ2n) is 22.5. The zero-order valence-corrected chi connectivity index (χ0v) is 42.3. The molecule has 10 rings (SSSR count). The van der Waals surface area contributed by atoms with Crippen molar-refractivity contribution < 1.29 is 41.5 Å². The van der Waals surface area contributed by atoms with E-state index in [1.165, 1.54) is 23.2 Å². The lowest BCUT2D eigenvalue weighted by molar-refractivity contribution is -0.141. The van der Waals surface area contributed by atoms with Crippen LogP contribution in [-0.4, -0.2) is 82.1 Å². The molecule has 3 aromatic carbocycles. The van der Waals surface area contributed by atoms with Crippen LogP contribution in [0.3, 0.4) is 0 Å². The summed E-state index contributed by atoms with van der Waals surface area (Å²) in [5.41, 5.74) is -0.301. The van der Waals surface area contributed by atoms with Crippen LogP contribution in [0.25, 0.3) is 0 Å². The van der Waals surface area contributed by atoms with Crippen molar-refractivity contribution in [3.63, 3.8) is 0 Å². The number of amides is 5. The number of halogens is 5. The lowest BCUT2D eigenvalue weighted by atomic mass is 9.63. The average Bonchev–Trinajstić information content (AvgIpc) is 3.56. The molecule has 5 aliphatic heterocycles. The third-order valence-corrected chi connectivity index (χ3v) is 16.5. The van der Waals surface area contributed by atoms with Crippen LogP contribution in [0.4, 0.5) is 28.9 Å². The molecular weight excluding hydrogens is 976 g/mol. The van der Waals surface area contributed by atoms with Gasteiger partial charge in [0.15, 0.2) is 0 Å². The second-order valence-corrected chi connectivity index (χ2v) is 22.9. The van der Waals surface area contributed by atoms with Crippen molar-refractivity contribution in [2.75, 3.05) is 30.3 Å². The number of alkyl halides is 3. The number of pyridine rings is 1. The Morgan fingerprint density at radius 2 is 1.74 bits per heavy atom. The summed E-state index contributed by atoms with van der Waals surface area (Å²) in [5.74, 6) is 3.17. The molecule has 18 heteroatoms. The number of carbonyl (C=O) groups is 5.